The number of carbonyl (C=O) groups is 1. The van der Waals surface area contributed by atoms with E-state index in [2.05, 4.69) is 0 Å². The summed E-state index contributed by atoms with van der Waals surface area (Å²) in [5.74, 6) is -0.856. The Morgan fingerprint density at radius 3 is 2.57 bits per heavy atom. The molecule has 3 atom stereocenters. The van der Waals surface area contributed by atoms with Gasteiger partial charge in [0.1, 0.15) is 12.5 Å². The average Bonchev–Trinajstić information content (AvgIpc) is 2.47. The Balaban J connectivity index is 3.70. The van der Waals surface area contributed by atoms with E-state index in [9.17, 15) is 14.5 Å². The quantitative estimate of drug-likeness (QED) is 0.307. The van der Waals surface area contributed by atoms with Crippen LogP contribution in [0.25, 0.3) is 0 Å². The SMILES string of the molecule is CCC(O)CCCO[P+](=O)CC(C)C(=O)OCCCCO. The van der Waals surface area contributed by atoms with E-state index in [1.54, 1.807) is 6.92 Å². The van der Waals surface area contributed by atoms with Crippen molar-refractivity contribution in [2.24, 2.45) is 5.92 Å². The van der Waals surface area contributed by atoms with Gasteiger partial charge in [-0.25, -0.2) is 0 Å². The van der Waals surface area contributed by atoms with E-state index < -0.39 is 13.9 Å². The van der Waals surface area contributed by atoms with Crippen LogP contribution in [0.5, 0.6) is 0 Å². The van der Waals surface area contributed by atoms with E-state index in [4.69, 9.17) is 14.4 Å². The molecular weight excluding hydrogens is 295 g/mol. The monoisotopic (exact) mass is 323 g/mol. The first kappa shape index (κ1) is 20.5. The third-order valence-corrected chi connectivity index (χ3v) is 4.33. The van der Waals surface area contributed by atoms with E-state index in [1.807, 2.05) is 6.92 Å². The minimum Gasteiger partial charge on any atom is -0.465 e. The van der Waals surface area contributed by atoms with Crippen LogP contribution in [0.3, 0.4) is 0 Å². The van der Waals surface area contributed by atoms with E-state index in [-0.39, 0.29) is 31.4 Å². The van der Waals surface area contributed by atoms with Crippen LogP contribution >= 0.6 is 8.03 Å². The number of hydrogen-bond donors (Lipinski definition) is 2. The van der Waals surface area contributed by atoms with Crippen LogP contribution in [-0.4, -0.2) is 48.3 Å². The van der Waals surface area contributed by atoms with Crippen LogP contribution < -0.4 is 0 Å². The molecule has 0 aromatic heterocycles. The predicted octanol–water partition coefficient (Wildman–Crippen LogP) is 2.25. The zero-order chi connectivity index (χ0) is 16.1. The van der Waals surface area contributed by atoms with Gasteiger partial charge in [-0.1, -0.05) is 6.92 Å². The molecule has 0 fully saturated rings. The lowest BCUT2D eigenvalue weighted by molar-refractivity contribution is -0.147. The molecule has 0 rings (SSSR count). The molecule has 0 bridgehead atoms. The van der Waals surface area contributed by atoms with Crippen LogP contribution in [0.1, 0.15) is 46.0 Å². The molecule has 0 aromatic rings. The Kier molecular flexibility index (Phi) is 12.8. The second-order valence-corrected chi connectivity index (χ2v) is 6.34. The molecule has 3 unspecified atom stereocenters. The van der Waals surface area contributed by atoms with Crippen molar-refractivity contribution in [2.75, 3.05) is 26.0 Å². The molecule has 2 N–H and O–H groups in total. The summed E-state index contributed by atoms with van der Waals surface area (Å²) in [5.41, 5.74) is 0. The van der Waals surface area contributed by atoms with Crippen molar-refractivity contribution in [3.8, 4) is 0 Å². The van der Waals surface area contributed by atoms with Gasteiger partial charge < -0.3 is 14.9 Å². The van der Waals surface area contributed by atoms with Crippen LogP contribution in [0.4, 0.5) is 0 Å². The van der Waals surface area contributed by atoms with Gasteiger partial charge in [0.15, 0.2) is 6.16 Å². The lowest BCUT2D eigenvalue weighted by Crippen LogP contribution is -2.18. The Labute approximate surface area is 127 Å². The molecule has 0 amide bonds. The van der Waals surface area contributed by atoms with Crippen LogP contribution in [0.15, 0.2) is 0 Å². The smallest absolute Gasteiger partial charge is 0.465 e. The fraction of sp³-hybridized carbons (Fsp3) is 0.929. The summed E-state index contributed by atoms with van der Waals surface area (Å²) < 4.78 is 21.8. The van der Waals surface area contributed by atoms with Gasteiger partial charge >= 0.3 is 14.0 Å². The minimum absolute atomic E-state index is 0.0829. The fourth-order valence-electron chi connectivity index (χ4n) is 1.57. The third kappa shape index (κ3) is 11.8. The highest BCUT2D eigenvalue weighted by atomic mass is 31.1. The first-order valence-electron chi connectivity index (χ1n) is 7.54. The van der Waals surface area contributed by atoms with Crippen molar-refractivity contribution in [3.63, 3.8) is 0 Å². The molecular formula is C14H28O6P+. The van der Waals surface area contributed by atoms with Crippen molar-refractivity contribution in [2.45, 2.75) is 52.1 Å². The Hall–Kier alpha value is -0.550. The predicted molar refractivity (Wildman–Crippen MR) is 80.4 cm³/mol. The number of hydrogen-bond acceptors (Lipinski definition) is 6. The number of aliphatic hydroxyl groups is 2. The van der Waals surface area contributed by atoms with Gasteiger partial charge in [0.25, 0.3) is 0 Å². The molecule has 21 heavy (non-hydrogen) atoms. The van der Waals surface area contributed by atoms with E-state index >= 15 is 0 Å². The van der Waals surface area contributed by atoms with E-state index in [0.717, 1.165) is 0 Å². The maximum Gasteiger partial charge on any atom is 0.508 e. The van der Waals surface area contributed by atoms with Gasteiger partial charge in [-0.15, -0.1) is 4.52 Å². The van der Waals surface area contributed by atoms with Gasteiger partial charge in [-0.3, -0.25) is 4.79 Å². The molecule has 0 spiro atoms. The molecule has 124 valence electrons. The second-order valence-electron chi connectivity index (χ2n) is 5.05. The number of aliphatic hydroxyl groups excluding tert-OH is 2. The molecule has 0 aromatic carbocycles. The highest BCUT2D eigenvalue weighted by Crippen LogP contribution is 2.26. The Morgan fingerprint density at radius 1 is 1.24 bits per heavy atom. The molecule has 0 aliphatic heterocycles. The maximum atomic E-state index is 11.7. The lowest BCUT2D eigenvalue weighted by Gasteiger charge is -2.07. The Morgan fingerprint density at radius 2 is 1.95 bits per heavy atom. The molecule has 0 heterocycles. The molecule has 0 saturated heterocycles. The van der Waals surface area contributed by atoms with Crippen LogP contribution in [0.2, 0.25) is 0 Å². The standard InChI is InChI=1S/C14H28O6P/c1-3-13(16)7-6-10-20-21(18)11-12(2)14(17)19-9-5-4-8-15/h12-13,15-16H,3-11H2,1-2H3/q+1. The molecule has 0 aliphatic rings. The maximum absolute atomic E-state index is 11.7. The number of unbranched alkanes of at least 4 members (excludes halogenated alkanes) is 1. The zero-order valence-electron chi connectivity index (χ0n) is 13.0. The molecule has 7 heteroatoms. The van der Waals surface area contributed by atoms with Crippen molar-refractivity contribution in [1.29, 1.82) is 0 Å². The van der Waals surface area contributed by atoms with Crippen molar-refractivity contribution < 1.29 is 28.8 Å². The summed E-state index contributed by atoms with van der Waals surface area (Å²) in [6.07, 6.45) is 3.01. The third-order valence-electron chi connectivity index (χ3n) is 3.01. The minimum atomic E-state index is -1.88. The van der Waals surface area contributed by atoms with Crippen molar-refractivity contribution in [3.05, 3.63) is 0 Å². The summed E-state index contributed by atoms with van der Waals surface area (Å²) in [6, 6.07) is 0. The van der Waals surface area contributed by atoms with Gasteiger partial charge in [-0.05, 0) is 43.6 Å². The molecule has 0 saturated carbocycles. The highest BCUT2D eigenvalue weighted by molar-refractivity contribution is 7.39. The van der Waals surface area contributed by atoms with Crippen molar-refractivity contribution in [1.82, 2.24) is 0 Å². The summed E-state index contributed by atoms with van der Waals surface area (Å²) in [5, 5.41) is 18.0. The van der Waals surface area contributed by atoms with Crippen LogP contribution in [0, 0.1) is 5.92 Å². The second kappa shape index (κ2) is 13.1. The molecule has 6 nitrogen and oxygen atoms in total. The number of esters is 1. The molecule has 0 radical (unpaired) electrons. The van der Waals surface area contributed by atoms with Gasteiger partial charge in [0.05, 0.1) is 12.7 Å². The first-order chi connectivity index (χ1) is 10.0. The first-order valence-corrected chi connectivity index (χ1v) is 8.90. The summed E-state index contributed by atoms with van der Waals surface area (Å²) in [7, 11) is -1.88. The molecule has 0 aliphatic carbocycles. The number of carbonyl (C=O) groups excluding carboxylic acids is 1. The average molecular weight is 323 g/mol. The topological polar surface area (TPSA) is 93.1 Å². The Bertz CT molecular complexity index is 297. The zero-order valence-corrected chi connectivity index (χ0v) is 13.9. The van der Waals surface area contributed by atoms with E-state index in [0.29, 0.717) is 38.7 Å². The van der Waals surface area contributed by atoms with Crippen LogP contribution in [-0.2, 0) is 18.6 Å². The summed E-state index contributed by atoms with van der Waals surface area (Å²) >= 11 is 0. The van der Waals surface area contributed by atoms with Gasteiger partial charge in [0.2, 0.25) is 0 Å². The van der Waals surface area contributed by atoms with Crippen molar-refractivity contribution >= 4 is 14.0 Å². The van der Waals surface area contributed by atoms with E-state index in [1.165, 1.54) is 0 Å². The summed E-state index contributed by atoms with van der Waals surface area (Å²) in [6.45, 7) is 4.24. The van der Waals surface area contributed by atoms with Gasteiger partial charge in [0, 0.05) is 6.61 Å². The largest absolute Gasteiger partial charge is 0.508 e. The van der Waals surface area contributed by atoms with Gasteiger partial charge in [-0.2, -0.15) is 0 Å². The summed E-state index contributed by atoms with van der Waals surface area (Å²) in [4.78, 5) is 11.6. The lowest BCUT2D eigenvalue weighted by atomic mass is 10.2. The number of rotatable bonds is 13. The highest BCUT2D eigenvalue weighted by Gasteiger charge is 2.27. The normalized spacial score (nSPS) is 14.6. The number of ether oxygens (including phenoxy) is 1. The fourth-order valence-corrected chi connectivity index (χ4v) is 2.60.